The molecule has 5 nitrogen and oxygen atoms in total. The van der Waals surface area contributed by atoms with Crippen LogP contribution in [0.3, 0.4) is 0 Å². The zero-order valence-corrected chi connectivity index (χ0v) is 13.7. The lowest BCUT2D eigenvalue weighted by Crippen LogP contribution is -2.38. The van der Waals surface area contributed by atoms with Gasteiger partial charge in [-0.3, -0.25) is 0 Å². The summed E-state index contributed by atoms with van der Waals surface area (Å²) in [4.78, 5) is 4.39. The highest BCUT2D eigenvalue weighted by Crippen LogP contribution is 2.24. The average molecular weight is 299 g/mol. The Bertz CT molecular complexity index is 529. The van der Waals surface area contributed by atoms with Crippen molar-refractivity contribution < 1.29 is 8.42 Å². The van der Waals surface area contributed by atoms with Crippen molar-refractivity contribution in [1.29, 1.82) is 0 Å². The van der Waals surface area contributed by atoms with E-state index in [4.69, 9.17) is 0 Å². The molecule has 0 aliphatic heterocycles. The predicted molar refractivity (Wildman–Crippen MR) is 82.3 cm³/mol. The topological polar surface area (TPSA) is 62.3 Å². The minimum absolute atomic E-state index is 0.0702. The molecule has 6 heteroatoms. The molecule has 1 rings (SSSR count). The van der Waals surface area contributed by atoms with Gasteiger partial charge in [0.05, 0.1) is 0 Å². The molecule has 0 saturated heterocycles. The van der Waals surface area contributed by atoms with Gasteiger partial charge in [-0.2, -0.15) is 4.31 Å². The number of sulfonamides is 1. The van der Waals surface area contributed by atoms with E-state index in [9.17, 15) is 8.42 Å². The molecule has 0 saturated carbocycles. The molecule has 114 valence electrons. The highest BCUT2D eigenvalue weighted by atomic mass is 32.2. The number of nitrogens with one attached hydrogen (secondary N) is 1. The van der Waals surface area contributed by atoms with Gasteiger partial charge < -0.3 is 5.32 Å². The minimum atomic E-state index is -3.54. The van der Waals surface area contributed by atoms with Crippen LogP contribution in [0.2, 0.25) is 0 Å². The molecule has 0 spiro atoms. The molecule has 0 aliphatic rings. The third-order valence-electron chi connectivity index (χ3n) is 3.51. The molecule has 0 amide bonds. The van der Waals surface area contributed by atoms with E-state index in [2.05, 4.69) is 10.3 Å². The van der Waals surface area contributed by atoms with Crippen LogP contribution in [-0.4, -0.2) is 37.3 Å². The maximum Gasteiger partial charge on any atom is 0.246 e. The average Bonchev–Trinajstić information content (AvgIpc) is 2.43. The maximum absolute atomic E-state index is 12.7. The van der Waals surface area contributed by atoms with Crippen molar-refractivity contribution >= 4 is 15.8 Å². The minimum Gasteiger partial charge on any atom is -0.369 e. The third kappa shape index (κ3) is 3.70. The summed E-state index contributed by atoms with van der Waals surface area (Å²) in [5, 5.41) is 3.08. The van der Waals surface area contributed by atoms with Crippen molar-refractivity contribution in [1.82, 2.24) is 9.29 Å². The summed E-state index contributed by atoms with van der Waals surface area (Å²) in [6.07, 6.45) is 2.51. The van der Waals surface area contributed by atoms with Crippen molar-refractivity contribution in [3.63, 3.8) is 0 Å². The molecule has 1 unspecified atom stereocenters. The van der Waals surface area contributed by atoms with Crippen LogP contribution >= 0.6 is 0 Å². The zero-order chi connectivity index (χ0) is 15.3. The second kappa shape index (κ2) is 7.04. The second-order valence-corrected chi connectivity index (χ2v) is 7.25. The molecule has 0 fully saturated rings. The lowest BCUT2D eigenvalue weighted by atomic mass is 10.1. The van der Waals surface area contributed by atoms with Crippen molar-refractivity contribution in [2.75, 3.05) is 18.9 Å². The number of pyridine rings is 1. The summed E-state index contributed by atoms with van der Waals surface area (Å²) >= 11 is 0. The Hall–Kier alpha value is -1.14. The Kier molecular flexibility index (Phi) is 5.95. The van der Waals surface area contributed by atoms with Gasteiger partial charge in [0, 0.05) is 25.8 Å². The summed E-state index contributed by atoms with van der Waals surface area (Å²) in [6, 6.07) is 3.18. The summed E-state index contributed by atoms with van der Waals surface area (Å²) in [7, 11) is -1.91. The molecule has 1 N–H and O–H groups in total. The molecule has 1 heterocycles. The van der Waals surface area contributed by atoms with Crippen LogP contribution < -0.4 is 5.32 Å². The molecule has 1 aromatic heterocycles. The van der Waals surface area contributed by atoms with Gasteiger partial charge in [0.1, 0.15) is 10.7 Å². The van der Waals surface area contributed by atoms with Gasteiger partial charge in [-0.15, -0.1) is 0 Å². The molecule has 0 aliphatic carbocycles. The Balaban J connectivity index is 3.15. The van der Waals surface area contributed by atoms with Gasteiger partial charge in [0.2, 0.25) is 10.0 Å². The first-order chi connectivity index (χ1) is 9.32. The van der Waals surface area contributed by atoms with E-state index in [1.54, 1.807) is 25.4 Å². The normalized spacial score (nSPS) is 13.8. The summed E-state index contributed by atoms with van der Waals surface area (Å²) in [6.45, 7) is 8.66. The van der Waals surface area contributed by atoms with Crippen LogP contribution in [-0.2, 0) is 10.0 Å². The lowest BCUT2D eigenvalue weighted by molar-refractivity contribution is 0.316. The van der Waals surface area contributed by atoms with Crippen LogP contribution in [0.15, 0.2) is 23.2 Å². The van der Waals surface area contributed by atoms with Crippen molar-refractivity contribution in [3.8, 4) is 0 Å². The smallest absolute Gasteiger partial charge is 0.246 e. The van der Waals surface area contributed by atoms with Gasteiger partial charge in [0.15, 0.2) is 0 Å². The van der Waals surface area contributed by atoms with E-state index in [1.807, 2.05) is 27.7 Å². The summed E-state index contributed by atoms with van der Waals surface area (Å²) in [5.74, 6) is 0.677. The molecular formula is C14H25N3O2S. The van der Waals surface area contributed by atoms with E-state index in [0.29, 0.717) is 12.4 Å². The number of hydrogen-bond acceptors (Lipinski definition) is 4. The number of rotatable bonds is 7. The molecule has 1 aromatic rings. The largest absolute Gasteiger partial charge is 0.369 e. The van der Waals surface area contributed by atoms with Gasteiger partial charge in [0.25, 0.3) is 0 Å². The van der Waals surface area contributed by atoms with Crippen molar-refractivity contribution in [3.05, 3.63) is 18.3 Å². The van der Waals surface area contributed by atoms with Gasteiger partial charge in [-0.1, -0.05) is 20.8 Å². The first kappa shape index (κ1) is 16.9. The lowest BCUT2D eigenvalue weighted by Gasteiger charge is -2.27. The quantitative estimate of drug-likeness (QED) is 0.840. The van der Waals surface area contributed by atoms with E-state index in [0.717, 1.165) is 6.42 Å². The monoisotopic (exact) mass is 299 g/mol. The standard InChI is InChI=1S/C14H25N3O2S/c1-6-9-15-14-13(8-7-10-16-14)20(18,19)17(5)12(4)11(2)3/h7-8,10-12H,6,9H2,1-5H3,(H,15,16). The molecule has 20 heavy (non-hydrogen) atoms. The van der Waals surface area contributed by atoms with Gasteiger partial charge >= 0.3 is 0 Å². The number of hydrogen-bond donors (Lipinski definition) is 1. The molecule has 0 aromatic carbocycles. The van der Waals surface area contributed by atoms with E-state index in [1.165, 1.54) is 4.31 Å². The van der Waals surface area contributed by atoms with E-state index < -0.39 is 10.0 Å². The van der Waals surface area contributed by atoms with Crippen LogP contribution in [0.4, 0.5) is 5.82 Å². The number of nitrogens with zero attached hydrogens (tertiary/aromatic N) is 2. The van der Waals surface area contributed by atoms with Gasteiger partial charge in [-0.05, 0) is 31.4 Å². The molecular weight excluding hydrogens is 274 g/mol. The first-order valence-corrected chi connectivity index (χ1v) is 8.43. The summed E-state index contributed by atoms with van der Waals surface area (Å²) in [5.41, 5.74) is 0. The third-order valence-corrected chi connectivity index (χ3v) is 5.48. The predicted octanol–water partition coefficient (Wildman–Crippen LogP) is 2.57. The van der Waals surface area contributed by atoms with Crippen molar-refractivity contribution in [2.45, 2.75) is 45.1 Å². The van der Waals surface area contributed by atoms with Gasteiger partial charge in [-0.25, -0.2) is 13.4 Å². The Morgan fingerprint density at radius 1 is 1.35 bits per heavy atom. The second-order valence-electron chi connectivity index (χ2n) is 5.28. The first-order valence-electron chi connectivity index (χ1n) is 6.99. The fraction of sp³-hybridized carbons (Fsp3) is 0.643. The molecule has 0 bridgehead atoms. The Morgan fingerprint density at radius 2 is 2.00 bits per heavy atom. The Morgan fingerprint density at radius 3 is 2.55 bits per heavy atom. The number of anilines is 1. The van der Waals surface area contributed by atoms with Crippen LogP contribution in [0.25, 0.3) is 0 Å². The number of aromatic nitrogens is 1. The maximum atomic E-state index is 12.7. The van der Waals surface area contributed by atoms with E-state index in [-0.39, 0.29) is 16.9 Å². The Labute approximate surface area is 122 Å². The highest BCUT2D eigenvalue weighted by Gasteiger charge is 2.29. The zero-order valence-electron chi connectivity index (χ0n) is 12.9. The molecule has 1 atom stereocenters. The fourth-order valence-corrected chi connectivity index (χ4v) is 3.38. The van der Waals surface area contributed by atoms with Crippen molar-refractivity contribution in [2.24, 2.45) is 5.92 Å². The fourth-order valence-electron chi connectivity index (χ4n) is 1.77. The summed E-state index contributed by atoms with van der Waals surface area (Å²) < 4.78 is 26.8. The van der Waals surface area contributed by atoms with Crippen LogP contribution in [0, 0.1) is 5.92 Å². The van der Waals surface area contributed by atoms with Crippen LogP contribution in [0.5, 0.6) is 0 Å². The van der Waals surface area contributed by atoms with Crippen LogP contribution in [0.1, 0.15) is 34.1 Å². The highest BCUT2D eigenvalue weighted by molar-refractivity contribution is 7.89. The van der Waals surface area contributed by atoms with E-state index >= 15 is 0 Å². The molecule has 0 radical (unpaired) electrons. The SMILES string of the molecule is CCCNc1ncccc1S(=O)(=O)N(C)C(C)C(C)C.